The van der Waals surface area contributed by atoms with Crippen molar-refractivity contribution in [2.75, 3.05) is 6.54 Å². The molecule has 1 aromatic carbocycles. The van der Waals surface area contributed by atoms with Gasteiger partial charge in [-0.2, -0.15) is 0 Å². The minimum atomic E-state index is -1.45. The Morgan fingerprint density at radius 1 is 0.967 bits per heavy atom. The molecule has 0 fully saturated rings. The van der Waals surface area contributed by atoms with Crippen LogP contribution in [-0.4, -0.2) is 64.5 Å². The van der Waals surface area contributed by atoms with Gasteiger partial charge in [-0.15, -0.1) is 0 Å². The Labute approximate surface area is 172 Å². The van der Waals surface area contributed by atoms with E-state index in [9.17, 15) is 34.2 Å². The van der Waals surface area contributed by atoms with E-state index < -0.39 is 54.1 Å². The lowest BCUT2D eigenvalue weighted by molar-refractivity contribution is -0.142. The van der Waals surface area contributed by atoms with Crippen LogP contribution < -0.4 is 27.4 Å². The molecule has 1 rings (SSSR count). The summed E-state index contributed by atoms with van der Waals surface area (Å²) in [6, 6.07) is 1.82. The van der Waals surface area contributed by atoms with Crippen molar-refractivity contribution in [3.63, 3.8) is 0 Å². The van der Waals surface area contributed by atoms with Crippen LogP contribution in [0, 0.1) is 0 Å². The summed E-state index contributed by atoms with van der Waals surface area (Å²) in [5.41, 5.74) is 10.8. The highest BCUT2D eigenvalue weighted by Crippen LogP contribution is 2.11. The summed E-state index contributed by atoms with van der Waals surface area (Å²) in [4.78, 5) is 58.8. The summed E-state index contributed by atoms with van der Waals surface area (Å²) in [6.07, 6.45) is -0.692. The van der Waals surface area contributed by atoms with Gasteiger partial charge in [0.15, 0.2) is 0 Å². The molecule has 0 saturated carbocycles. The Kier molecular flexibility index (Phi) is 9.23. The first-order valence-corrected chi connectivity index (χ1v) is 8.92. The van der Waals surface area contributed by atoms with Gasteiger partial charge in [-0.1, -0.05) is 12.1 Å². The van der Waals surface area contributed by atoms with E-state index in [-0.39, 0.29) is 18.7 Å². The maximum atomic E-state index is 12.5. The number of aromatic hydroxyl groups is 1. The normalized spacial score (nSPS) is 13.4. The molecule has 3 atom stereocenters. The molecule has 4 amide bonds. The van der Waals surface area contributed by atoms with Crippen molar-refractivity contribution in [3.8, 4) is 5.75 Å². The first-order chi connectivity index (χ1) is 14.0. The average Bonchev–Trinajstić information content (AvgIpc) is 2.67. The highest BCUT2D eigenvalue weighted by Gasteiger charge is 2.29. The number of nitrogens with one attached hydrogen (secondary N) is 3. The fourth-order valence-electron chi connectivity index (χ4n) is 2.41. The molecule has 0 saturated heterocycles. The predicted octanol–water partition coefficient (Wildman–Crippen LogP) is -2.67. The van der Waals surface area contributed by atoms with E-state index in [2.05, 4.69) is 16.0 Å². The van der Waals surface area contributed by atoms with E-state index in [0.29, 0.717) is 5.56 Å². The second-order valence-corrected chi connectivity index (χ2v) is 6.49. The van der Waals surface area contributed by atoms with Crippen molar-refractivity contribution in [2.45, 2.75) is 37.9 Å². The van der Waals surface area contributed by atoms with E-state index in [1.54, 1.807) is 0 Å². The molecule has 0 heterocycles. The van der Waals surface area contributed by atoms with Gasteiger partial charge in [-0.25, -0.2) is 4.79 Å². The third-order valence-electron chi connectivity index (χ3n) is 3.99. The van der Waals surface area contributed by atoms with Gasteiger partial charge in [0.2, 0.25) is 23.6 Å². The number of rotatable bonds is 11. The highest BCUT2D eigenvalue weighted by atomic mass is 16.4. The maximum absolute atomic E-state index is 12.5. The smallest absolute Gasteiger partial charge is 0.326 e. The predicted molar refractivity (Wildman–Crippen MR) is 104 cm³/mol. The Hall–Kier alpha value is -3.67. The number of hydrogen-bond donors (Lipinski definition) is 7. The fourth-order valence-corrected chi connectivity index (χ4v) is 2.41. The highest BCUT2D eigenvalue weighted by molar-refractivity contribution is 5.95. The number of carboxylic acids is 1. The molecule has 0 spiro atoms. The molecule has 0 aliphatic rings. The number of phenolic OH excluding ortho intramolecular Hbond substituents is 1. The van der Waals surface area contributed by atoms with Gasteiger partial charge in [0.1, 0.15) is 23.9 Å². The third-order valence-corrected chi connectivity index (χ3v) is 3.99. The molecule has 3 unspecified atom stereocenters. The Balaban J connectivity index is 2.87. The molecule has 0 aromatic heterocycles. The molecule has 12 nitrogen and oxygen atoms in total. The second kappa shape index (κ2) is 11.4. The zero-order valence-corrected chi connectivity index (χ0v) is 16.3. The van der Waals surface area contributed by atoms with Crippen molar-refractivity contribution in [1.82, 2.24) is 16.0 Å². The summed E-state index contributed by atoms with van der Waals surface area (Å²) in [5, 5.41) is 25.5. The van der Waals surface area contributed by atoms with Crippen LogP contribution in [-0.2, 0) is 30.4 Å². The van der Waals surface area contributed by atoms with Crippen molar-refractivity contribution < 1.29 is 34.2 Å². The van der Waals surface area contributed by atoms with Gasteiger partial charge in [0, 0.05) is 6.42 Å². The van der Waals surface area contributed by atoms with Gasteiger partial charge in [-0.05, 0) is 24.6 Å². The van der Waals surface area contributed by atoms with Crippen LogP contribution in [0.15, 0.2) is 24.3 Å². The summed E-state index contributed by atoms with van der Waals surface area (Å²) in [5.74, 6) is -4.58. The number of primary amides is 1. The molecule has 0 radical (unpaired) electrons. The summed E-state index contributed by atoms with van der Waals surface area (Å²) in [7, 11) is 0. The van der Waals surface area contributed by atoms with Crippen LogP contribution in [0.3, 0.4) is 0 Å². The van der Waals surface area contributed by atoms with Crippen molar-refractivity contribution >= 4 is 29.6 Å². The van der Waals surface area contributed by atoms with Gasteiger partial charge in [-0.3, -0.25) is 19.2 Å². The number of aliphatic carboxylic acids is 1. The SMILES string of the molecule is CC(NC(=O)CN)C(=O)NC(CC(N)=O)C(=O)NC(Cc1ccc(O)cc1)C(=O)O. The van der Waals surface area contributed by atoms with Crippen LogP contribution in [0.25, 0.3) is 0 Å². The van der Waals surface area contributed by atoms with Crippen LogP contribution >= 0.6 is 0 Å². The summed E-state index contributed by atoms with van der Waals surface area (Å²) >= 11 is 0. The van der Waals surface area contributed by atoms with Crippen molar-refractivity contribution in [1.29, 1.82) is 0 Å². The molecule has 0 aliphatic heterocycles. The Morgan fingerprint density at radius 3 is 2.03 bits per heavy atom. The molecule has 0 bridgehead atoms. The van der Waals surface area contributed by atoms with Crippen LogP contribution in [0.4, 0.5) is 0 Å². The second-order valence-electron chi connectivity index (χ2n) is 6.49. The van der Waals surface area contributed by atoms with Gasteiger partial charge in [0.05, 0.1) is 13.0 Å². The van der Waals surface area contributed by atoms with E-state index in [0.717, 1.165) is 0 Å². The lowest BCUT2D eigenvalue weighted by Crippen LogP contribution is -2.56. The van der Waals surface area contributed by atoms with E-state index >= 15 is 0 Å². The van der Waals surface area contributed by atoms with Gasteiger partial charge >= 0.3 is 5.97 Å². The molecular formula is C18H25N5O7. The first-order valence-electron chi connectivity index (χ1n) is 8.92. The molecule has 164 valence electrons. The molecule has 9 N–H and O–H groups in total. The Bertz CT molecular complexity index is 797. The van der Waals surface area contributed by atoms with E-state index in [4.69, 9.17) is 11.5 Å². The fraction of sp³-hybridized carbons (Fsp3) is 0.389. The van der Waals surface area contributed by atoms with Crippen LogP contribution in [0.2, 0.25) is 0 Å². The first kappa shape index (κ1) is 24.4. The topological polar surface area (TPSA) is 214 Å². The summed E-state index contributed by atoms with van der Waals surface area (Å²) < 4.78 is 0. The molecule has 0 aliphatic carbocycles. The molecule has 12 heteroatoms. The molecule has 30 heavy (non-hydrogen) atoms. The maximum Gasteiger partial charge on any atom is 0.326 e. The van der Waals surface area contributed by atoms with E-state index in [1.165, 1.54) is 31.2 Å². The minimum Gasteiger partial charge on any atom is -0.508 e. The zero-order valence-electron chi connectivity index (χ0n) is 16.3. The average molecular weight is 423 g/mol. The lowest BCUT2D eigenvalue weighted by Gasteiger charge is -2.22. The standard InChI is InChI=1S/C18H25N5O7/c1-9(21-15(26)8-19)16(27)22-12(7-14(20)25)17(28)23-13(18(29)30)6-10-2-4-11(24)5-3-10/h2-5,9,12-13,24H,6-8,19H2,1H3,(H2,20,25)(H,21,26)(H,22,27)(H,23,28)(H,29,30). The van der Waals surface area contributed by atoms with Crippen molar-refractivity contribution in [2.24, 2.45) is 11.5 Å². The number of phenols is 1. The van der Waals surface area contributed by atoms with Crippen LogP contribution in [0.5, 0.6) is 5.75 Å². The number of nitrogens with two attached hydrogens (primary N) is 2. The number of amides is 4. The van der Waals surface area contributed by atoms with Gasteiger partial charge in [0.25, 0.3) is 0 Å². The molecule has 1 aromatic rings. The van der Waals surface area contributed by atoms with E-state index in [1.807, 2.05) is 0 Å². The molecular weight excluding hydrogens is 398 g/mol. The number of benzene rings is 1. The monoisotopic (exact) mass is 423 g/mol. The number of hydrogen-bond acceptors (Lipinski definition) is 7. The van der Waals surface area contributed by atoms with Crippen molar-refractivity contribution in [3.05, 3.63) is 29.8 Å². The third kappa shape index (κ3) is 8.14. The largest absolute Gasteiger partial charge is 0.508 e. The Morgan fingerprint density at radius 2 is 1.53 bits per heavy atom. The quantitative estimate of drug-likeness (QED) is 0.199. The minimum absolute atomic E-state index is 0.00487. The number of carboxylic acid groups (broad SMARTS) is 1. The zero-order chi connectivity index (χ0) is 22.8. The lowest BCUT2D eigenvalue weighted by atomic mass is 10.0. The number of carbonyl (C=O) groups is 5. The number of carbonyl (C=O) groups excluding carboxylic acids is 4. The van der Waals surface area contributed by atoms with Gasteiger partial charge < -0.3 is 37.6 Å². The van der Waals surface area contributed by atoms with Crippen LogP contribution in [0.1, 0.15) is 18.9 Å². The summed E-state index contributed by atoms with van der Waals surface area (Å²) in [6.45, 7) is 0.993.